The minimum atomic E-state index is -0.463. The highest BCUT2D eigenvalue weighted by atomic mass is 32.1. The topological polar surface area (TPSA) is 80.9 Å². The van der Waals surface area contributed by atoms with Crippen LogP contribution in [-0.4, -0.2) is 22.7 Å². The largest absolute Gasteiger partial charge is 0.494 e. The standard InChI is InChI=1S/C27H23FN4O3S/c1-16-7-8-17(2)21(11-16)23-14-25(19-5-4-6-20(12-19)32(33)34)31(30-23)27-29-24(15-36-27)18-9-10-26(35-3)22(28)13-18/h4-13,15,25H,14H2,1-3H3/t25-/m1/s1. The second-order valence-corrected chi connectivity index (χ2v) is 9.48. The number of rotatable bonds is 6. The van der Waals surface area contributed by atoms with E-state index in [1.807, 2.05) is 30.3 Å². The van der Waals surface area contributed by atoms with Gasteiger partial charge in [-0.2, -0.15) is 5.10 Å². The number of nitro benzene ring substituents is 1. The molecule has 7 nitrogen and oxygen atoms in total. The van der Waals surface area contributed by atoms with E-state index in [-0.39, 0.29) is 17.5 Å². The third-order valence-corrected chi connectivity index (χ3v) is 7.05. The fourth-order valence-corrected chi connectivity index (χ4v) is 5.16. The van der Waals surface area contributed by atoms with Gasteiger partial charge in [0.15, 0.2) is 11.6 Å². The minimum Gasteiger partial charge on any atom is -0.494 e. The minimum absolute atomic E-state index is 0.0289. The quantitative estimate of drug-likeness (QED) is 0.213. The van der Waals surface area contributed by atoms with Crippen molar-refractivity contribution in [3.63, 3.8) is 0 Å². The first-order chi connectivity index (χ1) is 17.3. The summed E-state index contributed by atoms with van der Waals surface area (Å²) in [7, 11) is 1.42. The molecule has 0 fully saturated rings. The fourth-order valence-electron chi connectivity index (χ4n) is 4.33. The molecule has 0 saturated heterocycles. The van der Waals surface area contributed by atoms with Gasteiger partial charge in [-0.25, -0.2) is 14.4 Å². The van der Waals surface area contributed by atoms with Crippen LogP contribution in [0, 0.1) is 29.8 Å². The Morgan fingerprint density at radius 1 is 1.14 bits per heavy atom. The SMILES string of the molecule is COc1ccc(-c2csc(N3N=C(c4cc(C)ccc4C)C[C@@H]3c3cccc([N+](=O)[O-])c3)n2)cc1F. The lowest BCUT2D eigenvalue weighted by molar-refractivity contribution is -0.384. The molecule has 1 atom stereocenters. The molecule has 2 heterocycles. The normalized spacial score (nSPS) is 15.2. The van der Waals surface area contributed by atoms with E-state index >= 15 is 0 Å². The van der Waals surface area contributed by atoms with Gasteiger partial charge >= 0.3 is 0 Å². The summed E-state index contributed by atoms with van der Waals surface area (Å²) in [6.07, 6.45) is 0.567. The molecule has 0 unspecified atom stereocenters. The number of nitrogens with zero attached hydrogens (tertiary/aromatic N) is 4. The maximum absolute atomic E-state index is 14.3. The van der Waals surface area contributed by atoms with Gasteiger partial charge in [-0.15, -0.1) is 11.3 Å². The van der Waals surface area contributed by atoms with E-state index < -0.39 is 10.7 Å². The number of hydrogen-bond donors (Lipinski definition) is 0. The molecule has 0 amide bonds. The number of benzene rings is 3. The molecule has 0 aliphatic carbocycles. The fraction of sp³-hybridized carbons (Fsp3) is 0.185. The van der Waals surface area contributed by atoms with Crippen molar-refractivity contribution in [1.29, 1.82) is 0 Å². The van der Waals surface area contributed by atoms with E-state index in [2.05, 4.69) is 18.2 Å². The Hall–Kier alpha value is -4.11. The maximum atomic E-state index is 14.3. The lowest BCUT2D eigenvalue weighted by Gasteiger charge is -2.21. The lowest BCUT2D eigenvalue weighted by Crippen LogP contribution is -2.18. The number of nitro groups is 1. The summed E-state index contributed by atoms with van der Waals surface area (Å²) >= 11 is 1.39. The van der Waals surface area contributed by atoms with Gasteiger partial charge < -0.3 is 4.74 Å². The van der Waals surface area contributed by atoms with Crippen LogP contribution in [0.5, 0.6) is 5.75 Å². The zero-order valence-electron chi connectivity index (χ0n) is 19.9. The third-order valence-electron chi connectivity index (χ3n) is 6.22. The molecular formula is C27H23FN4O3S. The van der Waals surface area contributed by atoms with Crippen LogP contribution in [0.3, 0.4) is 0 Å². The Morgan fingerprint density at radius 2 is 1.97 bits per heavy atom. The number of hydrazone groups is 1. The van der Waals surface area contributed by atoms with E-state index in [0.717, 1.165) is 28.0 Å². The van der Waals surface area contributed by atoms with Crippen LogP contribution in [0.1, 0.15) is 34.7 Å². The molecule has 36 heavy (non-hydrogen) atoms. The molecule has 0 N–H and O–H groups in total. The Balaban J connectivity index is 1.57. The van der Waals surface area contributed by atoms with E-state index in [9.17, 15) is 14.5 Å². The van der Waals surface area contributed by atoms with Crippen molar-refractivity contribution < 1.29 is 14.1 Å². The van der Waals surface area contributed by atoms with Crippen molar-refractivity contribution in [3.05, 3.63) is 104 Å². The van der Waals surface area contributed by atoms with E-state index in [0.29, 0.717) is 22.8 Å². The van der Waals surface area contributed by atoms with Gasteiger partial charge in [0.2, 0.25) is 5.13 Å². The molecule has 3 aromatic carbocycles. The second-order valence-electron chi connectivity index (χ2n) is 8.65. The van der Waals surface area contributed by atoms with Crippen molar-refractivity contribution in [2.24, 2.45) is 5.10 Å². The predicted molar refractivity (Wildman–Crippen MR) is 139 cm³/mol. The van der Waals surface area contributed by atoms with E-state index in [1.54, 1.807) is 24.3 Å². The van der Waals surface area contributed by atoms with Crippen LogP contribution in [0.2, 0.25) is 0 Å². The number of ether oxygens (including phenoxy) is 1. The summed E-state index contributed by atoms with van der Waals surface area (Å²) in [5.41, 5.74) is 6.21. The molecular weight excluding hydrogens is 479 g/mol. The van der Waals surface area contributed by atoms with Gasteiger partial charge in [0.05, 0.1) is 29.5 Å². The van der Waals surface area contributed by atoms with Crippen molar-refractivity contribution >= 4 is 27.9 Å². The summed E-state index contributed by atoms with van der Waals surface area (Å²) in [5, 5.41) is 20.7. The Labute approximate surface area is 211 Å². The zero-order chi connectivity index (χ0) is 25.4. The number of thiazole rings is 1. The predicted octanol–water partition coefficient (Wildman–Crippen LogP) is 6.84. The Bertz CT molecular complexity index is 1500. The van der Waals surface area contributed by atoms with Crippen LogP contribution in [-0.2, 0) is 0 Å². The average Bonchev–Trinajstić information content (AvgIpc) is 3.53. The highest BCUT2D eigenvalue weighted by Gasteiger charge is 2.33. The Kier molecular flexibility index (Phi) is 6.24. The molecule has 182 valence electrons. The van der Waals surface area contributed by atoms with Crippen molar-refractivity contribution in [1.82, 2.24) is 4.98 Å². The molecule has 0 spiro atoms. The molecule has 1 aromatic heterocycles. The molecule has 0 saturated carbocycles. The monoisotopic (exact) mass is 502 g/mol. The second kappa shape index (κ2) is 9.50. The van der Waals surface area contributed by atoms with Gasteiger partial charge in [0.25, 0.3) is 5.69 Å². The van der Waals surface area contributed by atoms with Crippen molar-refractivity contribution in [3.8, 4) is 17.0 Å². The molecule has 1 aliphatic heterocycles. The van der Waals surface area contributed by atoms with Crippen LogP contribution in [0.25, 0.3) is 11.3 Å². The first kappa shape index (κ1) is 23.6. The summed E-state index contributed by atoms with van der Waals surface area (Å²) in [6.45, 7) is 4.08. The lowest BCUT2D eigenvalue weighted by atomic mass is 9.95. The molecule has 0 bridgehead atoms. The summed E-state index contributed by atoms with van der Waals surface area (Å²) in [5.74, 6) is -0.294. The number of hydrogen-bond acceptors (Lipinski definition) is 7. The number of non-ortho nitro benzene ring substituents is 1. The molecule has 0 radical (unpaired) electrons. The average molecular weight is 503 g/mol. The van der Waals surface area contributed by atoms with Crippen LogP contribution in [0.4, 0.5) is 15.2 Å². The number of halogens is 1. The molecule has 4 aromatic rings. The van der Waals surface area contributed by atoms with Gasteiger partial charge in [0.1, 0.15) is 0 Å². The first-order valence-electron chi connectivity index (χ1n) is 11.3. The van der Waals surface area contributed by atoms with Crippen LogP contribution >= 0.6 is 11.3 Å². The van der Waals surface area contributed by atoms with Crippen LogP contribution < -0.4 is 9.75 Å². The number of aryl methyl sites for hydroxylation is 2. The van der Waals surface area contributed by atoms with E-state index in [1.165, 1.54) is 30.6 Å². The van der Waals surface area contributed by atoms with Crippen molar-refractivity contribution in [2.75, 3.05) is 12.1 Å². The molecule has 5 rings (SSSR count). The number of methoxy groups -OCH3 is 1. The molecule has 9 heteroatoms. The van der Waals surface area contributed by atoms with Crippen molar-refractivity contribution in [2.45, 2.75) is 26.3 Å². The number of aromatic nitrogens is 1. The summed E-state index contributed by atoms with van der Waals surface area (Å²) in [4.78, 5) is 15.8. The van der Waals surface area contributed by atoms with Crippen LogP contribution in [0.15, 0.2) is 71.1 Å². The third kappa shape index (κ3) is 4.45. The maximum Gasteiger partial charge on any atom is 0.269 e. The van der Waals surface area contributed by atoms with Gasteiger partial charge in [-0.1, -0.05) is 29.8 Å². The summed E-state index contributed by atoms with van der Waals surface area (Å²) < 4.78 is 19.3. The number of anilines is 1. The van der Waals surface area contributed by atoms with E-state index in [4.69, 9.17) is 14.8 Å². The zero-order valence-corrected chi connectivity index (χ0v) is 20.8. The highest BCUT2D eigenvalue weighted by molar-refractivity contribution is 7.14. The van der Waals surface area contributed by atoms with Gasteiger partial charge in [-0.3, -0.25) is 10.1 Å². The van der Waals surface area contributed by atoms with Gasteiger partial charge in [0, 0.05) is 35.1 Å². The smallest absolute Gasteiger partial charge is 0.269 e. The first-order valence-corrected chi connectivity index (χ1v) is 12.2. The summed E-state index contributed by atoms with van der Waals surface area (Å²) in [6, 6.07) is 17.3. The molecule has 1 aliphatic rings. The Morgan fingerprint density at radius 3 is 2.72 bits per heavy atom. The van der Waals surface area contributed by atoms with Gasteiger partial charge in [-0.05, 0) is 49.2 Å². The highest BCUT2D eigenvalue weighted by Crippen LogP contribution is 2.40.